The van der Waals surface area contributed by atoms with Gasteiger partial charge in [0.15, 0.2) is 0 Å². The second-order valence-electron chi connectivity index (χ2n) is 4.00. The van der Waals surface area contributed by atoms with Crippen LogP contribution in [0.5, 0.6) is 0 Å². The van der Waals surface area contributed by atoms with Crippen LogP contribution in [0.15, 0.2) is 30.5 Å². The molecule has 0 spiro atoms. The molecule has 2 N–H and O–H groups in total. The first kappa shape index (κ1) is 10.7. The van der Waals surface area contributed by atoms with E-state index in [4.69, 9.17) is 5.11 Å². The summed E-state index contributed by atoms with van der Waals surface area (Å²) in [7, 11) is 0. The molecule has 4 nitrogen and oxygen atoms in total. The van der Waals surface area contributed by atoms with Crippen molar-refractivity contribution in [2.24, 2.45) is 5.92 Å². The minimum absolute atomic E-state index is 0.0999. The Kier molecular flexibility index (Phi) is 2.90. The van der Waals surface area contributed by atoms with E-state index in [2.05, 4.69) is 10.3 Å². The van der Waals surface area contributed by atoms with Gasteiger partial charge in [-0.25, -0.2) is 0 Å². The molecule has 0 fully saturated rings. The van der Waals surface area contributed by atoms with Crippen molar-refractivity contribution < 1.29 is 9.90 Å². The molecule has 2 rings (SSSR count). The third kappa shape index (κ3) is 2.39. The summed E-state index contributed by atoms with van der Waals surface area (Å²) in [5.41, 5.74) is 1.93. The van der Waals surface area contributed by atoms with E-state index in [-0.39, 0.29) is 12.0 Å². The normalized spacial score (nSPS) is 23.3. The number of aryl methyl sites for hydroxylation is 1. The van der Waals surface area contributed by atoms with Gasteiger partial charge in [-0.3, -0.25) is 9.78 Å². The van der Waals surface area contributed by atoms with Crippen molar-refractivity contribution in [1.82, 2.24) is 4.98 Å². The average Bonchev–Trinajstić information content (AvgIpc) is 2.66. The summed E-state index contributed by atoms with van der Waals surface area (Å²) in [4.78, 5) is 14.9. The Morgan fingerprint density at radius 1 is 1.56 bits per heavy atom. The van der Waals surface area contributed by atoms with Crippen LogP contribution >= 0.6 is 0 Å². The van der Waals surface area contributed by atoms with Crippen molar-refractivity contribution in [3.63, 3.8) is 0 Å². The molecule has 0 saturated carbocycles. The quantitative estimate of drug-likeness (QED) is 0.760. The van der Waals surface area contributed by atoms with Crippen molar-refractivity contribution in [3.05, 3.63) is 36.2 Å². The second-order valence-corrected chi connectivity index (χ2v) is 4.00. The number of nitrogens with one attached hydrogen (secondary N) is 1. The third-order valence-corrected chi connectivity index (χ3v) is 2.65. The highest BCUT2D eigenvalue weighted by Gasteiger charge is 2.23. The van der Waals surface area contributed by atoms with Crippen LogP contribution in [0.4, 0.5) is 5.69 Å². The highest BCUT2D eigenvalue weighted by atomic mass is 16.4. The zero-order chi connectivity index (χ0) is 11.5. The van der Waals surface area contributed by atoms with Gasteiger partial charge in [0.25, 0.3) is 0 Å². The summed E-state index contributed by atoms with van der Waals surface area (Å²) in [5, 5.41) is 12.1. The van der Waals surface area contributed by atoms with Gasteiger partial charge in [-0.2, -0.15) is 0 Å². The van der Waals surface area contributed by atoms with E-state index in [1.807, 2.05) is 25.1 Å². The zero-order valence-electron chi connectivity index (χ0n) is 9.05. The Hall–Kier alpha value is -1.84. The van der Waals surface area contributed by atoms with Crippen molar-refractivity contribution in [2.45, 2.75) is 19.4 Å². The molecule has 0 aliphatic heterocycles. The number of aliphatic carboxylic acids is 1. The molecular formula is C12H14N2O2. The van der Waals surface area contributed by atoms with Crippen LogP contribution in [-0.2, 0) is 4.79 Å². The molecule has 16 heavy (non-hydrogen) atoms. The lowest BCUT2D eigenvalue weighted by atomic mass is 10.1. The number of rotatable bonds is 3. The molecule has 0 aromatic carbocycles. The van der Waals surface area contributed by atoms with Gasteiger partial charge in [0.05, 0.1) is 5.92 Å². The summed E-state index contributed by atoms with van der Waals surface area (Å²) < 4.78 is 0. The molecule has 0 saturated heterocycles. The van der Waals surface area contributed by atoms with Gasteiger partial charge in [0.1, 0.15) is 0 Å². The van der Waals surface area contributed by atoms with Crippen molar-refractivity contribution in [3.8, 4) is 0 Å². The van der Waals surface area contributed by atoms with E-state index in [0.717, 1.165) is 11.4 Å². The molecule has 1 aromatic heterocycles. The fourth-order valence-electron chi connectivity index (χ4n) is 1.84. The topological polar surface area (TPSA) is 62.2 Å². The number of carboxylic acids is 1. The lowest BCUT2D eigenvalue weighted by molar-refractivity contribution is -0.140. The summed E-state index contributed by atoms with van der Waals surface area (Å²) in [6.07, 6.45) is 6.00. The number of hydrogen-bond donors (Lipinski definition) is 2. The molecule has 0 radical (unpaired) electrons. The highest BCUT2D eigenvalue weighted by Crippen LogP contribution is 2.21. The van der Waals surface area contributed by atoms with Crippen LogP contribution in [0, 0.1) is 12.8 Å². The molecule has 1 heterocycles. The number of pyridine rings is 1. The van der Waals surface area contributed by atoms with Crippen LogP contribution in [0.3, 0.4) is 0 Å². The average molecular weight is 218 g/mol. The zero-order valence-corrected chi connectivity index (χ0v) is 9.05. The van der Waals surface area contributed by atoms with E-state index in [1.165, 1.54) is 0 Å². The summed E-state index contributed by atoms with van der Waals surface area (Å²) in [6, 6.07) is 3.93. The van der Waals surface area contributed by atoms with Crippen LogP contribution in [0.1, 0.15) is 12.1 Å². The number of aromatic nitrogens is 1. The molecule has 2 atom stereocenters. The number of hydrogen-bond acceptors (Lipinski definition) is 3. The molecule has 1 aromatic rings. The first-order valence-corrected chi connectivity index (χ1v) is 5.25. The van der Waals surface area contributed by atoms with E-state index in [9.17, 15) is 4.79 Å². The Morgan fingerprint density at radius 3 is 3.00 bits per heavy atom. The SMILES string of the molecule is Cc1cc(NC2C=CC(C(=O)O)C2)ccn1. The van der Waals surface area contributed by atoms with Crippen LogP contribution < -0.4 is 5.32 Å². The smallest absolute Gasteiger partial charge is 0.310 e. The minimum Gasteiger partial charge on any atom is -0.481 e. The molecular weight excluding hydrogens is 204 g/mol. The third-order valence-electron chi connectivity index (χ3n) is 2.65. The van der Waals surface area contributed by atoms with Gasteiger partial charge in [0, 0.05) is 23.6 Å². The van der Waals surface area contributed by atoms with Crippen molar-refractivity contribution in [1.29, 1.82) is 0 Å². The van der Waals surface area contributed by atoms with Gasteiger partial charge >= 0.3 is 5.97 Å². The van der Waals surface area contributed by atoms with E-state index in [1.54, 1.807) is 12.3 Å². The molecule has 84 valence electrons. The second kappa shape index (κ2) is 4.35. The largest absolute Gasteiger partial charge is 0.481 e. The predicted molar refractivity (Wildman–Crippen MR) is 61.3 cm³/mol. The Morgan fingerprint density at radius 2 is 2.38 bits per heavy atom. The Balaban J connectivity index is 1.98. The first-order valence-electron chi connectivity index (χ1n) is 5.25. The van der Waals surface area contributed by atoms with E-state index in [0.29, 0.717) is 6.42 Å². The maximum absolute atomic E-state index is 10.8. The molecule has 2 unspecified atom stereocenters. The van der Waals surface area contributed by atoms with Gasteiger partial charge in [0.2, 0.25) is 0 Å². The summed E-state index contributed by atoms with van der Waals surface area (Å²) >= 11 is 0. The minimum atomic E-state index is -0.758. The summed E-state index contributed by atoms with van der Waals surface area (Å²) in [5.74, 6) is -1.12. The molecule has 1 aliphatic carbocycles. The van der Waals surface area contributed by atoms with E-state index >= 15 is 0 Å². The number of nitrogens with zero attached hydrogens (tertiary/aromatic N) is 1. The monoisotopic (exact) mass is 218 g/mol. The van der Waals surface area contributed by atoms with Gasteiger partial charge in [-0.05, 0) is 25.5 Å². The number of carboxylic acid groups (broad SMARTS) is 1. The van der Waals surface area contributed by atoms with Crippen molar-refractivity contribution >= 4 is 11.7 Å². The van der Waals surface area contributed by atoms with Gasteiger partial charge < -0.3 is 10.4 Å². The Labute approximate surface area is 94.0 Å². The number of carbonyl (C=O) groups is 1. The lowest BCUT2D eigenvalue weighted by Crippen LogP contribution is -2.18. The lowest BCUT2D eigenvalue weighted by Gasteiger charge is -2.13. The van der Waals surface area contributed by atoms with Crippen LogP contribution in [0.25, 0.3) is 0 Å². The molecule has 1 aliphatic rings. The molecule has 4 heteroatoms. The standard InChI is InChI=1S/C12H14N2O2/c1-8-6-11(4-5-13-8)14-10-3-2-9(7-10)12(15)16/h2-6,9-10H,7H2,1H3,(H,13,14)(H,15,16). The maximum Gasteiger partial charge on any atom is 0.310 e. The molecule has 0 bridgehead atoms. The predicted octanol–water partition coefficient (Wildman–Crippen LogP) is 1.83. The molecule has 0 amide bonds. The van der Waals surface area contributed by atoms with Crippen molar-refractivity contribution in [2.75, 3.05) is 5.32 Å². The van der Waals surface area contributed by atoms with Gasteiger partial charge in [-0.15, -0.1) is 0 Å². The maximum atomic E-state index is 10.8. The van der Waals surface area contributed by atoms with E-state index < -0.39 is 5.97 Å². The highest BCUT2D eigenvalue weighted by molar-refractivity contribution is 5.73. The summed E-state index contributed by atoms with van der Waals surface area (Å²) in [6.45, 7) is 1.93. The van der Waals surface area contributed by atoms with Crippen LogP contribution in [0.2, 0.25) is 0 Å². The fourth-order valence-corrected chi connectivity index (χ4v) is 1.84. The number of anilines is 1. The van der Waals surface area contributed by atoms with Gasteiger partial charge in [-0.1, -0.05) is 12.2 Å². The fraction of sp³-hybridized carbons (Fsp3) is 0.333. The Bertz CT molecular complexity index is 429. The first-order chi connectivity index (χ1) is 7.65. The van der Waals surface area contributed by atoms with Crippen LogP contribution in [-0.4, -0.2) is 22.1 Å².